The first-order chi connectivity index (χ1) is 7.70. The molecule has 1 aromatic carbocycles. The molecule has 0 aliphatic rings. The number of nitrogens with one attached hydrogen (secondary N) is 1. The van der Waals surface area contributed by atoms with E-state index in [4.69, 9.17) is 0 Å². The lowest BCUT2D eigenvalue weighted by Crippen LogP contribution is -2.08. The zero-order valence-corrected chi connectivity index (χ0v) is 8.21. The molecule has 0 spiro atoms. The molecule has 0 radical (unpaired) electrons. The van der Waals surface area contributed by atoms with Crippen LogP contribution in [0, 0.1) is 10.1 Å². The molecule has 5 nitrogen and oxygen atoms in total. The van der Waals surface area contributed by atoms with Crippen LogP contribution in [-0.4, -0.2) is 9.91 Å². The minimum absolute atomic E-state index is 0.0702. The Balaban J connectivity index is 2.70. The van der Waals surface area contributed by atoms with E-state index in [9.17, 15) is 14.9 Å². The van der Waals surface area contributed by atoms with Gasteiger partial charge < -0.3 is 4.98 Å². The zero-order chi connectivity index (χ0) is 11.5. The molecule has 5 heteroatoms. The highest BCUT2D eigenvalue weighted by Crippen LogP contribution is 2.26. The minimum Gasteiger partial charge on any atom is -0.329 e. The molecule has 2 aromatic rings. The molecule has 16 heavy (non-hydrogen) atoms. The molecule has 0 fully saturated rings. The summed E-state index contributed by atoms with van der Waals surface area (Å²) in [7, 11) is 0. The van der Waals surface area contributed by atoms with Gasteiger partial charge in [-0.15, -0.1) is 0 Å². The van der Waals surface area contributed by atoms with Crippen LogP contribution in [0.4, 0.5) is 5.69 Å². The van der Waals surface area contributed by atoms with Gasteiger partial charge in [-0.1, -0.05) is 12.1 Å². The fraction of sp³-hybridized carbons (Fsp3) is 0. The van der Waals surface area contributed by atoms with Gasteiger partial charge in [-0.25, -0.2) is 0 Å². The highest BCUT2D eigenvalue weighted by Gasteiger charge is 2.15. The number of hydrogen-bond acceptors (Lipinski definition) is 3. The highest BCUT2D eigenvalue weighted by molar-refractivity contribution is 5.72. The lowest BCUT2D eigenvalue weighted by Gasteiger charge is -2.00. The summed E-state index contributed by atoms with van der Waals surface area (Å²) in [6.07, 6.45) is 1.49. The summed E-state index contributed by atoms with van der Waals surface area (Å²) < 4.78 is 0. The van der Waals surface area contributed by atoms with Crippen LogP contribution in [0.15, 0.2) is 47.4 Å². The van der Waals surface area contributed by atoms with Gasteiger partial charge in [0, 0.05) is 12.3 Å². The Morgan fingerprint density at radius 1 is 1.06 bits per heavy atom. The van der Waals surface area contributed by atoms with Crippen molar-refractivity contribution in [1.29, 1.82) is 0 Å². The summed E-state index contributed by atoms with van der Waals surface area (Å²) in [6.45, 7) is 0. The lowest BCUT2D eigenvalue weighted by atomic mass is 10.1. The van der Waals surface area contributed by atoms with Crippen molar-refractivity contribution in [2.24, 2.45) is 0 Å². The average molecular weight is 216 g/mol. The fourth-order valence-corrected chi connectivity index (χ4v) is 1.49. The predicted molar refractivity (Wildman–Crippen MR) is 59.2 cm³/mol. The molecule has 1 aromatic heterocycles. The van der Waals surface area contributed by atoms with Crippen molar-refractivity contribution >= 4 is 5.69 Å². The largest absolute Gasteiger partial charge is 0.329 e. The number of para-hydroxylation sites is 1. The van der Waals surface area contributed by atoms with Crippen molar-refractivity contribution in [3.8, 4) is 11.1 Å². The second-order valence-corrected chi connectivity index (χ2v) is 3.19. The number of H-pyrrole nitrogens is 1. The minimum atomic E-state index is -0.498. The second-order valence-electron chi connectivity index (χ2n) is 3.19. The number of aromatic nitrogens is 1. The van der Waals surface area contributed by atoms with E-state index in [2.05, 4.69) is 4.98 Å². The van der Waals surface area contributed by atoms with Gasteiger partial charge in [0.15, 0.2) is 0 Å². The van der Waals surface area contributed by atoms with E-state index in [1.165, 1.54) is 12.3 Å². The molecule has 0 unspecified atom stereocenters. The quantitative estimate of drug-likeness (QED) is 0.615. The maximum Gasteiger partial charge on any atom is 0.277 e. The van der Waals surface area contributed by atoms with E-state index in [0.29, 0.717) is 11.1 Å². The van der Waals surface area contributed by atoms with Crippen LogP contribution in [0.3, 0.4) is 0 Å². The third-order valence-electron chi connectivity index (χ3n) is 2.21. The summed E-state index contributed by atoms with van der Waals surface area (Å²) in [5, 5.41) is 10.8. The van der Waals surface area contributed by atoms with Crippen LogP contribution < -0.4 is 5.56 Å². The normalized spacial score (nSPS) is 10.0. The number of nitro groups is 1. The van der Waals surface area contributed by atoms with Crippen molar-refractivity contribution in [2.45, 2.75) is 0 Å². The average Bonchev–Trinajstić information content (AvgIpc) is 2.29. The fourth-order valence-electron chi connectivity index (χ4n) is 1.49. The van der Waals surface area contributed by atoms with E-state index in [0.717, 1.165) is 0 Å². The van der Waals surface area contributed by atoms with Gasteiger partial charge in [0.05, 0.1) is 16.1 Å². The van der Waals surface area contributed by atoms with E-state index < -0.39 is 4.92 Å². The van der Waals surface area contributed by atoms with Gasteiger partial charge in [0.1, 0.15) is 0 Å². The van der Waals surface area contributed by atoms with E-state index in [1.54, 1.807) is 30.3 Å². The van der Waals surface area contributed by atoms with Gasteiger partial charge in [-0.2, -0.15) is 0 Å². The third kappa shape index (κ3) is 1.70. The standard InChI is InChI=1S/C11H8N2O3/c14-11-9(5-3-7-12-11)8-4-1-2-6-10(8)13(15)16/h1-7H,(H,12,14). The second kappa shape index (κ2) is 3.98. The van der Waals surface area contributed by atoms with Crippen molar-refractivity contribution in [3.05, 3.63) is 63.1 Å². The Hall–Kier alpha value is -2.43. The maximum absolute atomic E-state index is 11.5. The third-order valence-corrected chi connectivity index (χ3v) is 2.21. The molecule has 2 rings (SSSR count). The van der Waals surface area contributed by atoms with Gasteiger partial charge in [0.25, 0.3) is 11.2 Å². The molecular weight excluding hydrogens is 208 g/mol. The number of pyridine rings is 1. The van der Waals surface area contributed by atoms with Gasteiger partial charge in [0.2, 0.25) is 0 Å². The Morgan fingerprint density at radius 3 is 2.44 bits per heavy atom. The molecule has 1 N–H and O–H groups in total. The van der Waals surface area contributed by atoms with Crippen molar-refractivity contribution in [2.75, 3.05) is 0 Å². The molecule has 0 bridgehead atoms. The topological polar surface area (TPSA) is 76.0 Å². The molecule has 80 valence electrons. The van der Waals surface area contributed by atoms with Crippen LogP contribution in [0.2, 0.25) is 0 Å². The molecule has 0 amide bonds. The first-order valence-electron chi connectivity index (χ1n) is 4.61. The van der Waals surface area contributed by atoms with Gasteiger partial charge in [-0.3, -0.25) is 14.9 Å². The predicted octanol–water partition coefficient (Wildman–Crippen LogP) is 1.95. The monoisotopic (exact) mass is 216 g/mol. The SMILES string of the molecule is O=c1[nH]cccc1-c1ccccc1[N+](=O)[O-]. The number of rotatable bonds is 2. The smallest absolute Gasteiger partial charge is 0.277 e. The van der Waals surface area contributed by atoms with Crippen molar-refractivity contribution < 1.29 is 4.92 Å². The zero-order valence-electron chi connectivity index (χ0n) is 8.21. The first-order valence-corrected chi connectivity index (χ1v) is 4.61. The molecular formula is C11H8N2O3. The van der Waals surface area contributed by atoms with Crippen LogP contribution in [0.5, 0.6) is 0 Å². The number of hydrogen-bond donors (Lipinski definition) is 1. The Bertz CT molecular complexity index is 590. The number of aromatic amines is 1. The van der Waals surface area contributed by atoms with E-state index in [-0.39, 0.29) is 11.2 Å². The summed E-state index contributed by atoms with van der Waals surface area (Å²) >= 11 is 0. The molecule has 0 aliphatic heterocycles. The van der Waals surface area contributed by atoms with E-state index >= 15 is 0 Å². The van der Waals surface area contributed by atoms with Gasteiger partial charge >= 0.3 is 0 Å². The van der Waals surface area contributed by atoms with Crippen LogP contribution >= 0.6 is 0 Å². The van der Waals surface area contributed by atoms with Crippen molar-refractivity contribution in [3.63, 3.8) is 0 Å². The summed E-state index contributed by atoms with van der Waals surface area (Å²) in [5.74, 6) is 0. The van der Waals surface area contributed by atoms with Crippen LogP contribution in [0.25, 0.3) is 11.1 Å². The molecule has 0 aliphatic carbocycles. The Kier molecular flexibility index (Phi) is 2.51. The number of benzene rings is 1. The van der Waals surface area contributed by atoms with Crippen LogP contribution in [0.1, 0.15) is 0 Å². The van der Waals surface area contributed by atoms with Gasteiger partial charge in [-0.05, 0) is 18.2 Å². The summed E-state index contributed by atoms with van der Waals surface area (Å²) in [4.78, 5) is 24.3. The highest BCUT2D eigenvalue weighted by atomic mass is 16.6. The van der Waals surface area contributed by atoms with Crippen LogP contribution in [-0.2, 0) is 0 Å². The molecule has 0 saturated carbocycles. The maximum atomic E-state index is 11.5. The summed E-state index contributed by atoms with van der Waals surface area (Å²) in [5.41, 5.74) is 0.222. The Morgan fingerprint density at radius 2 is 1.75 bits per heavy atom. The lowest BCUT2D eigenvalue weighted by molar-refractivity contribution is -0.384. The van der Waals surface area contributed by atoms with E-state index in [1.807, 2.05) is 0 Å². The summed E-state index contributed by atoms with van der Waals surface area (Å²) in [6, 6.07) is 9.35. The first kappa shape index (κ1) is 10.1. The molecule has 1 heterocycles. The molecule has 0 atom stereocenters. The molecule has 0 saturated heterocycles. The number of nitro benzene ring substituents is 1. The van der Waals surface area contributed by atoms with Crippen molar-refractivity contribution in [1.82, 2.24) is 4.98 Å². The Labute approximate surface area is 90.5 Å². The number of nitrogens with zero attached hydrogens (tertiary/aromatic N) is 1.